The Morgan fingerprint density at radius 1 is 1.53 bits per heavy atom. The maximum atomic E-state index is 12.0. The first-order valence-electron chi connectivity index (χ1n) is 6.72. The van der Waals surface area contributed by atoms with Gasteiger partial charge in [-0.3, -0.25) is 4.79 Å². The fourth-order valence-electron chi connectivity index (χ4n) is 2.05. The second-order valence-electron chi connectivity index (χ2n) is 4.61. The van der Waals surface area contributed by atoms with Crippen molar-refractivity contribution in [1.82, 2.24) is 5.32 Å². The molecule has 0 aliphatic carbocycles. The Morgan fingerprint density at radius 2 is 2.32 bits per heavy atom. The number of benzene rings is 1. The quantitative estimate of drug-likeness (QED) is 0.730. The zero-order chi connectivity index (χ0) is 14.1. The van der Waals surface area contributed by atoms with Gasteiger partial charge in [0.2, 0.25) is 5.91 Å². The second kappa shape index (κ2) is 8.35. The molecule has 1 unspecified atom stereocenters. The van der Waals surface area contributed by atoms with Gasteiger partial charge in [0.15, 0.2) is 0 Å². The lowest BCUT2D eigenvalue weighted by Gasteiger charge is -2.16. The van der Waals surface area contributed by atoms with E-state index in [1.165, 1.54) is 0 Å². The lowest BCUT2D eigenvalue weighted by atomic mass is 10.1. The van der Waals surface area contributed by atoms with Crippen molar-refractivity contribution in [2.75, 3.05) is 7.11 Å². The molecule has 1 aromatic carbocycles. The van der Waals surface area contributed by atoms with E-state index < -0.39 is 0 Å². The lowest BCUT2D eigenvalue weighted by molar-refractivity contribution is -0.121. The van der Waals surface area contributed by atoms with Crippen molar-refractivity contribution in [3.63, 3.8) is 0 Å². The zero-order valence-corrected chi connectivity index (χ0v) is 11.8. The molecule has 0 aromatic heterocycles. The Morgan fingerprint density at radius 3 is 2.95 bits per heavy atom. The highest BCUT2D eigenvalue weighted by molar-refractivity contribution is 5.79. The summed E-state index contributed by atoms with van der Waals surface area (Å²) in [5.41, 5.74) is 0.964. The number of hydrogen-bond acceptors (Lipinski definition) is 2. The van der Waals surface area contributed by atoms with Crippen LogP contribution in [0.5, 0.6) is 5.75 Å². The Labute approximate surface area is 115 Å². The van der Waals surface area contributed by atoms with Gasteiger partial charge < -0.3 is 10.1 Å². The molecular formula is C16H23NO2. The molecule has 1 rings (SSSR count). The van der Waals surface area contributed by atoms with Crippen molar-refractivity contribution >= 4 is 5.91 Å². The maximum absolute atomic E-state index is 12.0. The van der Waals surface area contributed by atoms with Gasteiger partial charge in [-0.25, -0.2) is 0 Å². The normalized spacial score (nSPS) is 11.7. The number of carbonyl (C=O) groups is 1. The standard InChI is InChI=1S/C16H23NO2/c1-4-7-14(8-5-2)17-16(18)12-13-9-6-10-15(11-13)19-3/h4,6,9-11,14H,1,5,7-8,12H2,2-3H3,(H,17,18). The van der Waals surface area contributed by atoms with Gasteiger partial charge in [0.1, 0.15) is 5.75 Å². The van der Waals surface area contributed by atoms with Crippen molar-refractivity contribution in [1.29, 1.82) is 0 Å². The van der Waals surface area contributed by atoms with Crippen LogP contribution in [0.15, 0.2) is 36.9 Å². The summed E-state index contributed by atoms with van der Waals surface area (Å²) in [5.74, 6) is 0.829. The van der Waals surface area contributed by atoms with Crippen LogP contribution < -0.4 is 10.1 Å². The van der Waals surface area contributed by atoms with Gasteiger partial charge in [-0.2, -0.15) is 0 Å². The van der Waals surface area contributed by atoms with Crippen molar-refractivity contribution in [2.45, 2.75) is 38.6 Å². The third-order valence-corrected chi connectivity index (χ3v) is 2.95. The average Bonchev–Trinajstić information content (AvgIpc) is 2.39. The predicted octanol–water partition coefficient (Wildman–Crippen LogP) is 3.10. The molecule has 1 aromatic rings. The number of amides is 1. The van der Waals surface area contributed by atoms with Gasteiger partial charge in [-0.05, 0) is 30.5 Å². The van der Waals surface area contributed by atoms with Crippen LogP contribution in [0.25, 0.3) is 0 Å². The molecule has 3 nitrogen and oxygen atoms in total. The van der Waals surface area contributed by atoms with Gasteiger partial charge in [-0.1, -0.05) is 31.6 Å². The highest BCUT2D eigenvalue weighted by atomic mass is 16.5. The van der Waals surface area contributed by atoms with Crippen LogP contribution >= 0.6 is 0 Å². The number of methoxy groups -OCH3 is 1. The summed E-state index contributed by atoms with van der Waals surface area (Å²) in [6.07, 6.45) is 5.09. The molecule has 1 N–H and O–H groups in total. The first-order chi connectivity index (χ1) is 9.19. The molecular weight excluding hydrogens is 238 g/mol. The Bertz CT molecular complexity index is 415. The van der Waals surface area contributed by atoms with Gasteiger partial charge in [0, 0.05) is 6.04 Å². The SMILES string of the molecule is C=CCC(CCC)NC(=O)Cc1cccc(OC)c1. The Balaban J connectivity index is 2.55. The molecule has 0 saturated carbocycles. The van der Waals surface area contributed by atoms with Crippen LogP contribution in [0, 0.1) is 0 Å². The van der Waals surface area contributed by atoms with E-state index in [-0.39, 0.29) is 11.9 Å². The van der Waals surface area contributed by atoms with E-state index in [1.54, 1.807) is 7.11 Å². The molecule has 0 radical (unpaired) electrons. The lowest BCUT2D eigenvalue weighted by Crippen LogP contribution is -2.35. The minimum absolute atomic E-state index is 0.0496. The van der Waals surface area contributed by atoms with Crippen LogP contribution in [-0.4, -0.2) is 19.1 Å². The maximum Gasteiger partial charge on any atom is 0.224 e. The van der Waals surface area contributed by atoms with Gasteiger partial charge >= 0.3 is 0 Å². The molecule has 0 bridgehead atoms. The molecule has 3 heteroatoms. The number of carbonyl (C=O) groups excluding carboxylic acids is 1. The molecule has 0 aliphatic rings. The van der Waals surface area contributed by atoms with Crippen molar-refractivity contribution in [2.24, 2.45) is 0 Å². The molecule has 0 saturated heterocycles. The van der Waals surface area contributed by atoms with Crippen molar-refractivity contribution < 1.29 is 9.53 Å². The van der Waals surface area contributed by atoms with Crippen LogP contribution in [0.3, 0.4) is 0 Å². The summed E-state index contributed by atoms with van der Waals surface area (Å²) in [6, 6.07) is 7.79. The highest BCUT2D eigenvalue weighted by Crippen LogP contribution is 2.13. The van der Waals surface area contributed by atoms with E-state index in [9.17, 15) is 4.79 Å². The molecule has 19 heavy (non-hydrogen) atoms. The topological polar surface area (TPSA) is 38.3 Å². The second-order valence-corrected chi connectivity index (χ2v) is 4.61. The van der Waals surface area contributed by atoms with Crippen molar-refractivity contribution in [3.05, 3.63) is 42.5 Å². The first kappa shape index (κ1) is 15.3. The average molecular weight is 261 g/mol. The molecule has 0 heterocycles. The summed E-state index contributed by atoms with van der Waals surface area (Å²) in [4.78, 5) is 12.0. The van der Waals surface area contributed by atoms with Crippen LogP contribution in [0.1, 0.15) is 31.7 Å². The first-order valence-corrected chi connectivity index (χ1v) is 6.72. The molecule has 0 aliphatic heterocycles. The van der Waals surface area contributed by atoms with Crippen LogP contribution in [-0.2, 0) is 11.2 Å². The van der Waals surface area contributed by atoms with E-state index in [0.29, 0.717) is 6.42 Å². The van der Waals surface area contributed by atoms with Crippen molar-refractivity contribution in [3.8, 4) is 5.75 Å². The largest absolute Gasteiger partial charge is 0.497 e. The molecule has 0 spiro atoms. The molecule has 0 fully saturated rings. The van der Waals surface area contributed by atoms with Gasteiger partial charge in [0.25, 0.3) is 0 Å². The number of hydrogen-bond donors (Lipinski definition) is 1. The van der Waals surface area contributed by atoms with E-state index in [2.05, 4.69) is 18.8 Å². The Hall–Kier alpha value is -1.77. The third-order valence-electron chi connectivity index (χ3n) is 2.95. The highest BCUT2D eigenvalue weighted by Gasteiger charge is 2.10. The van der Waals surface area contributed by atoms with Crippen LogP contribution in [0.4, 0.5) is 0 Å². The summed E-state index contributed by atoms with van der Waals surface area (Å²) in [7, 11) is 1.63. The smallest absolute Gasteiger partial charge is 0.224 e. The molecule has 104 valence electrons. The number of rotatable bonds is 8. The summed E-state index contributed by atoms with van der Waals surface area (Å²) < 4.78 is 5.15. The summed E-state index contributed by atoms with van der Waals surface area (Å²) in [5, 5.41) is 3.05. The van der Waals surface area contributed by atoms with Gasteiger partial charge in [0.05, 0.1) is 13.5 Å². The minimum Gasteiger partial charge on any atom is -0.497 e. The third kappa shape index (κ3) is 5.60. The van der Waals surface area contributed by atoms with E-state index in [0.717, 1.165) is 30.6 Å². The molecule has 1 atom stereocenters. The number of ether oxygens (including phenoxy) is 1. The fraction of sp³-hybridized carbons (Fsp3) is 0.438. The minimum atomic E-state index is 0.0496. The fourth-order valence-corrected chi connectivity index (χ4v) is 2.05. The van der Waals surface area contributed by atoms with Crippen LogP contribution in [0.2, 0.25) is 0 Å². The van der Waals surface area contributed by atoms with E-state index in [4.69, 9.17) is 4.74 Å². The Kier molecular flexibility index (Phi) is 6.72. The van der Waals surface area contributed by atoms with Gasteiger partial charge in [-0.15, -0.1) is 6.58 Å². The zero-order valence-electron chi connectivity index (χ0n) is 11.8. The predicted molar refractivity (Wildman–Crippen MR) is 78.4 cm³/mol. The molecule has 1 amide bonds. The monoisotopic (exact) mass is 261 g/mol. The van der Waals surface area contributed by atoms with E-state index >= 15 is 0 Å². The summed E-state index contributed by atoms with van der Waals surface area (Å²) >= 11 is 0. The van der Waals surface area contributed by atoms with E-state index in [1.807, 2.05) is 30.3 Å². The summed E-state index contributed by atoms with van der Waals surface area (Å²) in [6.45, 7) is 5.84. The number of nitrogens with one attached hydrogen (secondary N) is 1.